The summed E-state index contributed by atoms with van der Waals surface area (Å²) < 4.78 is 6.43. The molecular formula is C10H13ClN2O5. The van der Waals surface area contributed by atoms with Crippen LogP contribution in [0.2, 0.25) is 0 Å². The minimum atomic E-state index is -1.28. The topological polar surface area (TPSA) is 105 Å². The van der Waals surface area contributed by atoms with E-state index in [1.165, 1.54) is 13.1 Å². The lowest BCUT2D eigenvalue weighted by atomic mass is 10.0. The van der Waals surface area contributed by atoms with E-state index < -0.39 is 41.2 Å². The normalized spacial score (nSPS) is 35.9. The van der Waals surface area contributed by atoms with Crippen molar-refractivity contribution in [2.24, 2.45) is 0 Å². The summed E-state index contributed by atoms with van der Waals surface area (Å²) in [4.78, 5) is 23.4. The Morgan fingerprint density at radius 2 is 2.28 bits per heavy atom. The third-order valence-corrected chi connectivity index (χ3v) is 3.41. The molecule has 4 atom stereocenters. The molecule has 18 heavy (non-hydrogen) atoms. The van der Waals surface area contributed by atoms with Crippen molar-refractivity contribution >= 4 is 11.6 Å². The van der Waals surface area contributed by atoms with Gasteiger partial charge in [-0.25, -0.2) is 4.79 Å². The molecular weight excluding hydrogens is 264 g/mol. The van der Waals surface area contributed by atoms with Gasteiger partial charge in [0, 0.05) is 12.3 Å². The number of aliphatic hydroxyl groups excluding tert-OH is 2. The van der Waals surface area contributed by atoms with Crippen LogP contribution >= 0.6 is 11.6 Å². The zero-order valence-electron chi connectivity index (χ0n) is 9.54. The average Bonchev–Trinajstić information content (AvgIpc) is 2.52. The molecule has 1 aliphatic heterocycles. The van der Waals surface area contributed by atoms with E-state index >= 15 is 0 Å². The molecule has 0 bridgehead atoms. The van der Waals surface area contributed by atoms with Gasteiger partial charge in [0.05, 0.1) is 6.61 Å². The van der Waals surface area contributed by atoms with Gasteiger partial charge in [0.2, 0.25) is 0 Å². The highest BCUT2D eigenvalue weighted by atomic mass is 35.5. The Hall–Kier alpha value is -1.15. The monoisotopic (exact) mass is 276 g/mol. The molecule has 2 rings (SSSR count). The summed E-state index contributed by atoms with van der Waals surface area (Å²) in [6.07, 6.45) is -1.75. The second kappa shape index (κ2) is 4.51. The van der Waals surface area contributed by atoms with E-state index in [9.17, 15) is 14.7 Å². The highest BCUT2D eigenvalue weighted by molar-refractivity contribution is 6.24. The fraction of sp³-hybridized carbons (Fsp3) is 0.600. The number of hydrogen-bond donors (Lipinski definition) is 3. The standard InChI is InChI=1S/C10H13ClN2O5/c1-10(11)7(16)5(4-14)18-8(10)13-3-2-6(15)12-9(13)17/h2-3,5,7-8,14,16H,4H2,1H3,(H,12,15,17)/t5-,7-,8-,10-/m0/s1. The predicted molar refractivity (Wildman–Crippen MR) is 62.6 cm³/mol. The van der Waals surface area contributed by atoms with Crippen LogP contribution in [0.25, 0.3) is 0 Å². The molecule has 1 aromatic heterocycles. The van der Waals surface area contributed by atoms with Crippen molar-refractivity contribution in [3.8, 4) is 0 Å². The van der Waals surface area contributed by atoms with Gasteiger partial charge in [-0.15, -0.1) is 11.6 Å². The van der Waals surface area contributed by atoms with Gasteiger partial charge >= 0.3 is 5.69 Å². The van der Waals surface area contributed by atoms with Crippen LogP contribution in [0.3, 0.4) is 0 Å². The maximum Gasteiger partial charge on any atom is 0.330 e. The van der Waals surface area contributed by atoms with Crippen LogP contribution in [-0.4, -0.2) is 43.5 Å². The third-order valence-electron chi connectivity index (χ3n) is 3.00. The highest BCUT2D eigenvalue weighted by Crippen LogP contribution is 2.42. The minimum absolute atomic E-state index is 0.419. The van der Waals surface area contributed by atoms with Crippen LogP contribution in [0, 0.1) is 0 Å². The fourth-order valence-electron chi connectivity index (χ4n) is 1.97. The van der Waals surface area contributed by atoms with Gasteiger partial charge < -0.3 is 14.9 Å². The molecule has 3 N–H and O–H groups in total. The van der Waals surface area contributed by atoms with Gasteiger partial charge in [-0.1, -0.05) is 0 Å². The molecule has 1 saturated heterocycles. The van der Waals surface area contributed by atoms with E-state index in [0.29, 0.717) is 0 Å². The molecule has 1 fully saturated rings. The number of H-pyrrole nitrogens is 1. The summed E-state index contributed by atoms with van der Waals surface area (Å²) in [5, 5.41) is 18.9. The Balaban J connectivity index is 2.45. The van der Waals surface area contributed by atoms with E-state index in [1.54, 1.807) is 0 Å². The first kappa shape index (κ1) is 13.3. The van der Waals surface area contributed by atoms with E-state index in [0.717, 1.165) is 10.6 Å². The second-order valence-electron chi connectivity index (χ2n) is 4.32. The van der Waals surface area contributed by atoms with Crippen LogP contribution in [0.15, 0.2) is 21.9 Å². The van der Waals surface area contributed by atoms with Crippen LogP contribution < -0.4 is 11.2 Å². The predicted octanol–water partition coefficient (Wildman–Crippen LogP) is -1.22. The Kier molecular flexibility index (Phi) is 3.33. The van der Waals surface area contributed by atoms with Gasteiger partial charge in [-0.3, -0.25) is 14.3 Å². The number of nitrogens with one attached hydrogen (secondary N) is 1. The molecule has 2 heterocycles. The van der Waals surface area contributed by atoms with E-state index in [4.69, 9.17) is 21.4 Å². The molecule has 0 aromatic carbocycles. The maximum atomic E-state index is 11.6. The summed E-state index contributed by atoms with van der Waals surface area (Å²) in [7, 11) is 0. The zero-order chi connectivity index (χ0) is 13.5. The van der Waals surface area contributed by atoms with Crippen molar-refractivity contribution in [3.63, 3.8) is 0 Å². The van der Waals surface area contributed by atoms with Crippen LogP contribution in [-0.2, 0) is 4.74 Å². The summed E-state index contributed by atoms with van der Waals surface area (Å²) in [6.45, 7) is 1.08. The molecule has 7 nitrogen and oxygen atoms in total. The number of aromatic amines is 1. The molecule has 0 amide bonds. The van der Waals surface area contributed by atoms with Crippen molar-refractivity contribution < 1.29 is 14.9 Å². The van der Waals surface area contributed by atoms with Crippen molar-refractivity contribution in [2.75, 3.05) is 6.61 Å². The maximum absolute atomic E-state index is 11.6. The lowest BCUT2D eigenvalue weighted by Crippen LogP contribution is -2.42. The third kappa shape index (κ3) is 1.99. The Bertz CT molecular complexity index is 552. The van der Waals surface area contributed by atoms with Crippen LogP contribution in [0.5, 0.6) is 0 Å². The lowest BCUT2D eigenvalue weighted by Gasteiger charge is -2.26. The lowest BCUT2D eigenvalue weighted by molar-refractivity contribution is -0.0470. The van der Waals surface area contributed by atoms with Crippen LogP contribution in [0.1, 0.15) is 13.2 Å². The van der Waals surface area contributed by atoms with Crippen LogP contribution in [0.4, 0.5) is 0 Å². The number of rotatable bonds is 2. The Labute approximate surface area is 107 Å². The van der Waals surface area contributed by atoms with Gasteiger partial charge in [-0.2, -0.15) is 0 Å². The van der Waals surface area contributed by atoms with Crippen molar-refractivity contribution in [3.05, 3.63) is 33.1 Å². The van der Waals surface area contributed by atoms with Crippen molar-refractivity contribution in [1.82, 2.24) is 9.55 Å². The van der Waals surface area contributed by atoms with E-state index in [-0.39, 0.29) is 0 Å². The Morgan fingerprint density at radius 3 is 2.78 bits per heavy atom. The zero-order valence-corrected chi connectivity index (χ0v) is 10.3. The Morgan fingerprint density at radius 1 is 1.61 bits per heavy atom. The largest absolute Gasteiger partial charge is 0.394 e. The van der Waals surface area contributed by atoms with Gasteiger partial charge in [-0.05, 0) is 6.92 Å². The van der Waals surface area contributed by atoms with E-state index in [2.05, 4.69) is 4.98 Å². The number of halogens is 1. The number of nitrogens with zero attached hydrogens (tertiary/aromatic N) is 1. The van der Waals surface area contributed by atoms with E-state index in [1.807, 2.05) is 0 Å². The highest BCUT2D eigenvalue weighted by Gasteiger charge is 2.53. The molecule has 0 aliphatic carbocycles. The molecule has 1 aromatic rings. The number of aliphatic hydroxyl groups is 2. The number of aromatic nitrogens is 2. The SMILES string of the molecule is C[C@@]1(Cl)[C@@H](n2ccc(=O)[nH]c2=O)O[C@@H](CO)[C@@H]1O. The summed E-state index contributed by atoms with van der Waals surface area (Å²) >= 11 is 6.17. The first-order valence-electron chi connectivity index (χ1n) is 5.32. The number of ether oxygens (including phenoxy) is 1. The number of alkyl halides is 1. The fourth-order valence-corrected chi connectivity index (χ4v) is 2.27. The molecule has 1 aliphatic rings. The number of hydrogen-bond acceptors (Lipinski definition) is 5. The summed E-state index contributed by atoms with van der Waals surface area (Å²) in [5.41, 5.74) is -1.23. The quantitative estimate of drug-likeness (QED) is 0.588. The second-order valence-corrected chi connectivity index (χ2v) is 5.14. The molecule has 0 saturated carbocycles. The van der Waals surface area contributed by atoms with Gasteiger partial charge in [0.1, 0.15) is 17.1 Å². The molecule has 100 valence electrons. The minimum Gasteiger partial charge on any atom is -0.394 e. The van der Waals surface area contributed by atoms with Gasteiger partial charge in [0.15, 0.2) is 6.23 Å². The molecule has 0 spiro atoms. The molecule has 8 heteroatoms. The van der Waals surface area contributed by atoms with Crippen molar-refractivity contribution in [2.45, 2.75) is 30.2 Å². The average molecular weight is 277 g/mol. The summed E-state index contributed by atoms with van der Waals surface area (Å²) in [6, 6.07) is 1.15. The first-order chi connectivity index (χ1) is 8.37. The summed E-state index contributed by atoms with van der Waals surface area (Å²) in [5.74, 6) is 0. The molecule has 0 unspecified atom stereocenters. The first-order valence-corrected chi connectivity index (χ1v) is 5.70. The van der Waals surface area contributed by atoms with Crippen molar-refractivity contribution in [1.29, 1.82) is 0 Å². The smallest absolute Gasteiger partial charge is 0.330 e. The molecule has 0 radical (unpaired) electrons. The van der Waals surface area contributed by atoms with Gasteiger partial charge in [0.25, 0.3) is 5.56 Å².